The van der Waals surface area contributed by atoms with E-state index in [0.717, 1.165) is 78.8 Å². The fraction of sp³-hybridized carbons (Fsp3) is 0.500. The van der Waals surface area contributed by atoms with E-state index < -0.39 is 14.5 Å². The van der Waals surface area contributed by atoms with Crippen molar-refractivity contribution < 1.29 is 51.0 Å². The number of nitrogens with one attached hydrogen (secondary N) is 4. The van der Waals surface area contributed by atoms with Gasteiger partial charge in [-0.05, 0) is 24.0 Å². The SMILES string of the molecule is F[B-](F)(F)F.F[B-](F)(F)F.[Ni+2].c1ccc(CCN2CNCCNCN(CCc3ccccc3)CNCCNC2)cc1. The van der Waals surface area contributed by atoms with Crippen LogP contribution in [-0.4, -0.2) is 90.3 Å². The topological polar surface area (TPSA) is 54.6 Å². The molecule has 4 N–H and O–H groups in total. The summed E-state index contributed by atoms with van der Waals surface area (Å²) in [6, 6.07) is 21.5. The third-order valence-corrected chi connectivity index (χ3v) is 5.42. The Balaban J connectivity index is 0.00000125. The molecule has 0 spiro atoms. The average molecular weight is 643 g/mol. The Kier molecular flexibility index (Phi) is 21.8. The van der Waals surface area contributed by atoms with E-state index in [4.69, 9.17) is 0 Å². The van der Waals surface area contributed by atoms with Gasteiger partial charge in [0.25, 0.3) is 0 Å². The van der Waals surface area contributed by atoms with Gasteiger partial charge in [0, 0.05) is 65.9 Å². The quantitative estimate of drug-likeness (QED) is 0.284. The summed E-state index contributed by atoms with van der Waals surface area (Å²) in [6.45, 7) is 9.64. The van der Waals surface area contributed by atoms with Gasteiger partial charge in [-0.1, -0.05) is 60.7 Å². The first kappa shape index (κ1) is 39.3. The van der Waals surface area contributed by atoms with Gasteiger partial charge < -0.3 is 55.8 Å². The first-order valence-electron chi connectivity index (χ1n) is 13.0. The van der Waals surface area contributed by atoms with Gasteiger partial charge in [0.2, 0.25) is 0 Å². The van der Waals surface area contributed by atoms with Crippen molar-refractivity contribution in [3.05, 3.63) is 71.8 Å². The van der Waals surface area contributed by atoms with Crippen molar-refractivity contribution in [3.63, 3.8) is 0 Å². The monoisotopic (exact) mass is 642 g/mol. The first-order chi connectivity index (χ1) is 18.9. The molecule has 1 aliphatic heterocycles. The molecular formula is C24H38B2F8N6Ni. The molecule has 41 heavy (non-hydrogen) atoms. The van der Waals surface area contributed by atoms with Crippen LogP contribution in [0.15, 0.2) is 60.7 Å². The standard InChI is InChI=1S/C24H38N6.2BF4.Ni/c1-3-7-23(8-4-1)11-17-29-19-25-13-15-27-21-30(22-28-16-14-26-20-29)18-12-24-9-5-2-6-10-24;2*2-1(3,4)5;/h1-10,25-28H,11-22H2;;;/q;2*-1;+2. The van der Waals surface area contributed by atoms with E-state index in [1.54, 1.807) is 0 Å². The van der Waals surface area contributed by atoms with Gasteiger partial charge in [0.1, 0.15) is 0 Å². The minimum Gasteiger partial charge on any atom is -0.418 e. The largest absolute Gasteiger partial charge is 2.00 e. The van der Waals surface area contributed by atoms with Crippen molar-refractivity contribution in [3.8, 4) is 0 Å². The third-order valence-electron chi connectivity index (χ3n) is 5.42. The van der Waals surface area contributed by atoms with Crippen molar-refractivity contribution in [2.24, 2.45) is 0 Å². The molecule has 0 atom stereocenters. The molecule has 1 aliphatic rings. The van der Waals surface area contributed by atoms with Crippen LogP contribution in [0.3, 0.4) is 0 Å². The smallest absolute Gasteiger partial charge is 0.418 e. The second-order valence-electron chi connectivity index (χ2n) is 8.88. The molecule has 0 unspecified atom stereocenters. The molecule has 0 aromatic heterocycles. The number of hydrogen-bond acceptors (Lipinski definition) is 6. The predicted octanol–water partition coefficient (Wildman–Crippen LogP) is 3.88. The van der Waals surface area contributed by atoms with Crippen LogP contribution in [0.2, 0.25) is 0 Å². The molecule has 1 heterocycles. The van der Waals surface area contributed by atoms with Crippen LogP contribution in [0.5, 0.6) is 0 Å². The number of benzene rings is 2. The molecule has 2 aromatic carbocycles. The van der Waals surface area contributed by atoms with Gasteiger partial charge in [-0.25, -0.2) is 0 Å². The molecule has 236 valence electrons. The molecule has 6 nitrogen and oxygen atoms in total. The molecule has 17 heteroatoms. The average Bonchev–Trinajstić information content (AvgIpc) is 2.87. The maximum atomic E-state index is 9.75. The molecule has 1 saturated heterocycles. The summed E-state index contributed by atoms with van der Waals surface area (Å²) in [4.78, 5) is 4.90. The van der Waals surface area contributed by atoms with E-state index in [0.29, 0.717) is 0 Å². The molecule has 3 rings (SSSR count). The molecule has 0 saturated carbocycles. The summed E-state index contributed by atoms with van der Waals surface area (Å²) in [6.07, 6.45) is 2.16. The molecule has 0 bridgehead atoms. The fourth-order valence-corrected chi connectivity index (χ4v) is 3.59. The number of halogens is 8. The molecule has 0 amide bonds. The molecule has 0 radical (unpaired) electrons. The van der Waals surface area contributed by atoms with E-state index >= 15 is 0 Å². The predicted molar refractivity (Wildman–Crippen MR) is 146 cm³/mol. The van der Waals surface area contributed by atoms with Crippen LogP contribution in [0, 0.1) is 0 Å². The van der Waals surface area contributed by atoms with E-state index in [-0.39, 0.29) is 16.5 Å². The minimum absolute atomic E-state index is 0. The molecule has 2 aromatic rings. The van der Waals surface area contributed by atoms with E-state index in [1.165, 1.54) is 11.1 Å². The number of nitrogens with zero attached hydrogens (tertiary/aromatic N) is 2. The van der Waals surface area contributed by atoms with Crippen LogP contribution in [0.25, 0.3) is 0 Å². The van der Waals surface area contributed by atoms with E-state index in [2.05, 4.69) is 91.7 Å². The summed E-state index contributed by atoms with van der Waals surface area (Å²) in [5.74, 6) is 0. The maximum Gasteiger partial charge on any atom is 2.00 e. The first-order valence-corrected chi connectivity index (χ1v) is 13.0. The zero-order chi connectivity index (χ0) is 29.7. The van der Waals surface area contributed by atoms with Gasteiger partial charge in [0.05, 0.1) is 0 Å². The van der Waals surface area contributed by atoms with Crippen molar-refractivity contribution in [1.29, 1.82) is 0 Å². The zero-order valence-corrected chi connectivity index (χ0v) is 23.6. The maximum absolute atomic E-state index is 9.75. The summed E-state index contributed by atoms with van der Waals surface area (Å²) in [7, 11) is -12.0. The van der Waals surface area contributed by atoms with Crippen LogP contribution in [0.4, 0.5) is 34.5 Å². The Morgan fingerprint density at radius 3 is 0.976 bits per heavy atom. The zero-order valence-electron chi connectivity index (χ0n) is 22.6. The molecular weight excluding hydrogens is 605 g/mol. The van der Waals surface area contributed by atoms with Crippen LogP contribution < -0.4 is 21.3 Å². The van der Waals surface area contributed by atoms with Gasteiger partial charge in [0.15, 0.2) is 0 Å². The Hall–Kier alpha value is -1.74. The summed E-state index contributed by atoms with van der Waals surface area (Å²) in [5.41, 5.74) is 2.80. The van der Waals surface area contributed by atoms with Crippen LogP contribution >= 0.6 is 0 Å². The third kappa shape index (κ3) is 28.2. The Morgan fingerprint density at radius 2 is 0.732 bits per heavy atom. The van der Waals surface area contributed by atoms with Crippen molar-refractivity contribution in [2.45, 2.75) is 12.8 Å². The van der Waals surface area contributed by atoms with Gasteiger partial charge in [-0.15, -0.1) is 0 Å². The summed E-state index contributed by atoms with van der Waals surface area (Å²) < 4.78 is 78.0. The summed E-state index contributed by atoms with van der Waals surface area (Å²) in [5, 5.41) is 14.4. The second-order valence-corrected chi connectivity index (χ2v) is 8.88. The minimum atomic E-state index is -6.00. The Morgan fingerprint density at radius 1 is 0.488 bits per heavy atom. The van der Waals surface area contributed by atoms with Crippen LogP contribution in [-0.2, 0) is 29.3 Å². The molecule has 1 fully saturated rings. The van der Waals surface area contributed by atoms with Crippen molar-refractivity contribution in [2.75, 3.05) is 65.9 Å². The number of hydrogen-bond donors (Lipinski definition) is 4. The van der Waals surface area contributed by atoms with Crippen LogP contribution in [0.1, 0.15) is 11.1 Å². The second kappa shape index (κ2) is 22.8. The van der Waals surface area contributed by atoms with Gasteiger partial charge in [-0.2, -0.15) is 0 Å². The van der Waals surface area contributed by atoms with E-state index in [9.17, 15) is 34.5 Å². The van der Waals surface area contributed by atoms with Gasteiger partial charge >= 0.3 is 31.0 Å². The Labute approximate surface area is 247 Å². The number of rotatable bonds is 6. The summed E-state index contributed by atoms with van der Waals surface area (Å²) >= 11 is 0. The van der Waals surface area contributed by atoms with Gasteiger partial charge in [-0.3, -0.25) is 9.80 Å². The Bertz CT molecular complexity index is 773. The van der Waals surface area contributed by atoms with Crippen molar-refractivity contribution in [1.82, 2.24) is 31.1 Å². The van der Waals surface area contributed by atoms with Crippen molar-refractivity contribution >= 4 is 14.5 Å². The van der Waals surface area contributed by atoms with E-state index in [1.807, 2.05) is 0 Å². The normalized spacial score (nSPS) is 16.6. The fourth-order valence-electron chi connectivity index (χ4n) is 3.59. The molecule has 0 aliphatic carbocycles.